The van der Waals surface area contributed by atoms with Gasteiger partial charge in [0.05, 0.1) is 0 Å². The Labute approximate surface area is 69.6 Å². The van der Waals surface area contributed by atoms with Crippen molar-refractivity contribution in [1.29, 1.82) is 0 Å². The van der Waals surface area contributed by atoms with E-state index in [2.05, 4.69) is 5.16 Å². The first-order chi connectivity index (χ1) is 5.81. The van der Waals surface area contributed by atoms with E-state index in [1.807, 2.05) is 13.0 Å². The Bertz CT molecular complexity index is 406. The number of aryl methyl sites for hydroxylation is 1. The fraction of sp³-hybridized carbons (Fsp3) is 0.222. The van der Waals surface area contributed by atoms with E-state index in [0.29, 0.717) is 5.52 Å². The molecular weight excluding hydrogens is 154 g/mol. The molecule has 1 aromatic heterocycles. The predicted octanol–water partition coefficient (Wildman–Crippen LogP) is 2.10. The topological polar surface area (TPSA) is 46.3 Å². The highest BCUT2D eigenvalue weighted by Gasteiger charge is 2.05. The van der Waals surface area contributed by atoms with Gasteiger partial charge in [-0.2, -0.15) is 0 Å². The first-order valence-corrected chi connectivity index (χ1v) is 3.88. The number of nitrogens with zero attached hydrogens (tertiary/aromatic N) is 1. The molecular formula is C9H9NO2. The second-order valence-corrected chi connectivity index (χ2v) is 2.66. The molecule has 12 heavy (non-hydrogen) atoms. The highest BCUT2D eigenvalue weighted by molar-refractivity contribution is 5.81. The number of aromatic hydroxyl groups is 1. The second kappa shape index (κ2) is 2.52. The Morgan fingerprint density at radius 2 is 2.33 bits per heavy atom. The molecule has 0 spiro atoms. The third kappa shape index (κ3) is 0.942. The van der Waals surface area contributed by atoms with Crippen LogP contribution in [0.1, 0.15) is 12.7 Å². The molecule has 0 amide bonds. The first kappa shape index (κ1) is 7.16. The summed E-state index contributed by atoms with van der Waals surface area (Å²) in [6.45, 7) is 2.01. The van der Waals surface area contributed by atoms with Gasteiger partial charge in [0, 0.05) is 17.9 Å². The highest BCUT2D eigenvalue weighted by Crippen LogP contribution is 2.22. The van der Waals surface area contributed by atoms with Gasteiger partial charge in [-0.15, -0.1) is 0 Å². The molecule has 3 heteroatoms. The number of fused-ring (bicyclic) bond motifs is 1. The lowest BCUT2D eigenvalue weighted by Gasteiger charge is -1.90. The zero-order valence-electron chi connectivity index (χ0n) is 6.74. The summed E-state index contributed by atoms with van der Waals surface area (Å²) in [6, 6.07) is 5.05. The molecule has 1 heterocycles. The Morgan fingerprint density at radius 3 is 3.08 bits per heavy atom. The van der Waals surface area contributed by atoms with Crippen LogP contribution in [-0.2, 0) is 6.42 Å². The molecule has 0 unspecified atom stereocenters. The quantitative estimate of drug-likeness (QED) is 0.700. The lowest BCUT2D eigenvalue weighted by molar-refractivity contribution is 0.394. The summed E-state index contributed by atoms with van der Waals surface area (Å²) in [5.74, 6) is 1.09. The molecule has 0 aliphatic rings. The minimum Gasteiger partial charge on any atom is -0.508 e. The van der Waals surface area contributed by atoms with Crippen LogP contribution in [0.15, 0.2) is 22.7 Å². The molecule has 0 aliphatic heterocycles. The summed E-state index contributed by atoms with van der Waals surface area (Å²) < 4.78 is 5.06. The van der Waals surface area contributed by atoms with E-state index < -0.39 is 0 Å². The average molecular weight is 163 g/mol. The van der Waals surface area contributed by atoms with E-state index in [-0.39, 0.29) is 5.75 Å². The maximum Gasteiger partial charge on any atom is 0.144 e. The monoisotopic (exact) mass is 163 g/mol. The molecule has 0 atom stereocenters. The number of hydrogen-bond donors (Lipinski definition) is 1. The zero-order chi connectivity index (χ0) is 8.55. The van der Waals surface area contributed by atoms with Crippen LogP contribution in [0.5, 0.6) is 5.75 Å². The van der Waals surface area contributed by atoms with E-state index in [1.54, 1.807) is 12.1 Å². The van der Waals surface area contributed by atoms with Crippen LogP contribution in [0, 0.1) is 0 Å². The van der Waals surface area contributed by atoms with Gasteiger partial charge in [-0.05, 0) is 12.1 Å². The summed E-state index contributed by atoms with van der Waals surface area (Å²) >= 11 is 0. The number of hydrogen-bond acceptors (Lipinski definition) is 3. The van der Waals surface area contributed by atoms with Crippen molar-refractivity contribution in [3.8, 4) is 5.75 Å². The van der Waals surface area contributed by atoms with Crippen molar-refractivity contribution >= 4 is 10.9 Å². The smallest absolute Gasteiger partial charge is 0.144 e. The van der Waals surface area contributed by atoms with Crippen molar-refractivity contribution in [2.75, 3.05) is 0 Å². The maximum atomic E-state index is 9.13. The minimum atomic E-state index is 0.221. The molecule has 2 rings (SSSR count). The van der Waals surface area contributed by atoms with Gasteiger partial charge >= 0.3 is 0 Å². The van der Waals surface area contributed by atoms with Crippen molar-refractivity contribution in [1.82, 2.24) is 5.16 Å². The van der Waals surface area contributed by atoms with Crippen molar-refractivity contribution < 1.29 is 9.63 Å². The van der Waals surface area contributed by atoms with Crippen LogP contribution in [0.25, 0.3) is 10.9 Å². The first-order valence-electron chi connectivity index (χ1n) is 3.88. The molecule has 2 aromatic rings. The van der Waals surface area contributed by atoms with Gasteiger partial charge < -0.3 is 9.63 Å². The Balaban J connectivity index is 2.73. The molecule has 0 fully saturated rings. The zero-order valence-corrected chi connectivity index (χ0v) is 6.74. The lowest BCUT2D eigenvalue weighted by atomic mass is 10.2. The van der Waals surface area contributed by atoms with Crippen molar-refractivity contribution in [3.63, 3.8) is 0 Å². The molecule has 0 bridgehead atoms. The van der Waals surface area contributed by atoms with Gasteiger partial charge in [0.25, 0.3) is 0 Å². The Kier molecular flexibility index (Phi) is 1.50. The number of rotatable bonds is 1. The number of phenolic OH excluding ortho intramolecular Hbond substituents is 1. The van der Waals surface area contributed by atoms with Gasteiger partial charge in [0.15, 0.2) is 0 Å². The third-order valence-corrected chi connectivity index (χ3v) is 1.86. The van der Waals surface area contributed by atoms with Gasteiger partial charge in [-0.3, -0.25) is 0 Å². The second-order valence-electron chi connectivity index (χ2n) is 2.66. The van der Waals surface area contributed by atoms with Crippen LogP contribution in [0.4, 0.5) is 0 Å². The summed E-state index contributed by atoms with van der Waals surface area (Å²) in [7, 11) is 0. The molecule has 0 radical (unpaired) electrons. The van der Waals surface area contributed by atoms with Crippen molar-refractivity contribution in [3.05, 3.63) is 24.0 Å². The SMILES string of the molecule is CCc1onc2cc(O)ccc12. The molecule has 1 N–H and O–H groups in total. The number of benzene rings is 1. The molecule has 0 aliphatic carbocycles. The standard InChI is InChI=1S/C9H9NO2/c1-2-9-7-4-3-6(11)5-8(7)10-12-9/h3-5,11H,2H2,1H3. The Morgan fingerprint density at radius 1 is 1.50 bits per heavy atom. The molecule has 0 saturated heterocycles. The van der Waals surface area contributed by atoms with Crippen LogP contribution < -0.4 is 0 Å². The normalized spacial score (nSPS) is 10.8. The van der Waals surface area contributed by atoms with Gasteiger partial charge in [0.2, 0.25) is 0 Å². The minimum absolute atomic E-state index is 0.221. The van der Waals surface area contributed by atoms with Crippen molar-refractivity contribution in [2.45, 2.75) is 13.3 Å². The molecule has 0 saturated carbocycles. The average Bonchev–Trinajstić information content (AvgIpc) is 2.46. The summed E-state index contributed by atoms with van der Waals surface area (Å²) in [5.41, 5.74) is 0.715. The summed E-state index contributed by atoms with van der Waals surface area (Å²) in [4.78, 5) is 0. The van der Waals surface area contributed by atoms with Gasteiger partial charge in [0.1, 0.15) is 17.0 Å². The van der Waals surface area contributed by atoms with E-state index in [9.17, 15) is 0 Å². The number of phenols is 1. The van der Waals surface area contributed by atoms with Crippen LogP contribution in [0.2, 0.25) is 0 Å². The van der Waals surface area contributed by atoms with Gasteiger partial charge in [-0.1, -0.05) is 12.1 Å². The van der Waals surface area contributed by atoms with Gasteiger partial charge in [-0.25, -0.2) is 0 Å². The van der Waals surface area contributed by atoms with Crippen LogP contribution >= 0.6 is 0 Å². The number of aromatic nitrogens is 1. The van der Waals surface area contributed by atoms with Crippen LogP contribution in [-0.4, -0.2) is 10.3 Å². The molecule has 1 aromatic carbocycles. The summed E-state index contributed by atoms with van der Waals surface area (Å²) in [6.07, 6.45) is 0.821. The van der Waals surface area contributed by atoms with E-state index in [1.165, 1.54) is 0 Å². The molecule has 62 valence electrons. The van der Waals surface area contributed by atoms with E-state index in [4.69, 9.17) is 9.63 Å². The fourth-order valence-corrected chi connectivity index (χ4v) is 1.24. The predicted molar refractivity (Wildman–Crippen MR) is 45.1 cm³/mol. The van der Waals surface area contributed by atoms with Crippen molar-refractivity contribution in [2.24, 2.45) is 0 Å². The largest absolute Gasteiger partial charge is 0.508 e. The lowest BCUT2D eigenvalue weighted by Crippen LogP contribution is -1.73. The summed E-state index contributed by atoms with van der Waals surface area (Å²) in [5, 5.41) is 13.9. The van der Waals surface area contributed by atoms with E-state index >= 15 is 0 Å². The molecule has 3 nitrogen and oxygen atoms in total. The maximum absolute atomic E-state index is 9.13. The van der Waals surface area contributed by atoms with E-state index in [0.717, 1.165) is 17.6 Å². The Hall–Kier alpha value is -1.51. The van der Waals surface area contributed by atoms with Crippen LogP contribution in [0.3, 0.4) is 0 Å². The highest BCUT2D eigenvalue weighted by atomic mass is 16.5. The fourth-order valence-electron chi connectivity index (χ4n) is 1.24. The third-order valence-electron chi connectivity index (χ3n) is 1.86.